The monoisotopic (exact) mass is 485 g/mol. The molecule has 2 N–H and O–H groups in total. The summed E-state index contributed by atoms with van der Waals surface area (Å²) in [6.07, 6.45) is 8.11. The number of aromatic nitrogens is 4. The average Bonchev–Trinajstić information content (AvgIpc) is 3.28. The first-order chi connectivity index (χ1) is 16.3. The van der Waals surface area contributed by atoms with Gasteiger partial charge in [-0.2, -0.15) is 5.10 Å². The van der Waals surface area contributed by atoms with E-state index < -0.39 is 11.5 Å². The molecule has 0 unspecified atom stereocenters. The summed E-state index contributed by atoms with van der Waals surface area (Å²) >= 11 is 4.76. The number of alkyl halides is 3. The van der Waals surface area contributed by atoms with Gasteiger partial charge in [-0.15, -0.1) is 8.78 Å². The van der Waals surface area contributed by atoms with Crippen molar-refractivity contribution in [3.8, 4) is 28.1 Å². The second kappa shape index (κ2) is 9.94. The van der Waals surface area contributed by atoms with Gasteiger partial charge in [0.05, 0.1) is 30.6 Å². The van der Waals surface area contributed by atoms with Crippen LogP contribution in [-0.2, 0) is 6.54 Å². The Morgan fingerprint density at radius 3 is 2.62 bits per heavy atom. The highest BCUT2D eigenvalue weighted by Crippen LogP contribution is 2.31. The number of nitrogens with one attached hydrogen (secondary N) is 1. The highest BCUT2D eigenvalue weighted by atomic mass is 35.5. The molecule has 0 saturated heterocycles. The van der Waals surface area contributed by atoms with Crippen LogP contribution in [-0.4, -0.2) is 42.9 Å². The molecule has 0 aliphatic carbocycles. The lowest BCUT2D eigenvalue weighted by Crippen LogP contribution is -2.16. The van der Waals surface area contributed by atoms with Gasteiger partial charge in [0, 0.05) is 58.8 Å². The van der Waals surface area contributed by atoms with Gasteiger partial charge in [0.1, 0.15) is 5.75 Å². The third-order valence-corrected chi connectivity index (χ3v) is 4.78. The second-order valence-electron chi connectivity index (χ2n) is 7.10. The minimum Gasteiger partial charge on any atom is -0.420 e. The summed E-state index contributed by atoms with van der Waals surface area (Å²) in [4.78, 5) is 21.5. The predicted molar refractivity (Wildman–Crippen MR) is 122 cm³/mol. The molecule has 0 aliphatic heterocycles. The molecule has 3 aromatic heterocycles. The van der Waals surface area contributed by atoms with Crippen molar-refractivity contribution in [1.29, 1.82) is 0 Å². The van der Waals surface area contributed by atoms with E-state index >= 15 is 0 Å². The van der Waals surface area contributed by atoms with Crippen LogP contribution in [0.15, 0.2) is 73.4 Å². The van der Waals surface area contributed by atoms with Gasteiger partial charge >= 0.3 is 5.57 Å². The number of nitrogens with zero attached hydrogens (tertiary/aromatic N) is 4. The zero-order chi connectivity index (χ0) is 24.1. The van der Waals surface area contributed by atoms with Crippen LogP contribution in [0.25, 0.3) is 22.4 Å². The Morgan fingerprint density at radius 1 is 1.15 bits per heavy atom. The van der Waals surface area contributed by atoms with Gasteiger partial charge in [-0.05, 0) is 36.4 Å². The number of ether oxygens (including phenoxy) is 1. The van der Waals surface area contributed by atoms with Crippen molar-refractivity contribution in [2.45, 2.75) is 12.1 Å². The summed E-state index contributed by atoms with van der Waals surface area (Å²) in [5.41, 5.74) is -0.459. The first kappa shape index (κ1) is 23.3. The fourth-order valence-corrected chi connectivity index (χ4v) is 3.30. The van der Waals surface area contributed by atoms with Crippen molar-refractivity contribution in [1.82, 2.24) is 19.7 Å². The molecule has 1 amide bonds. The standard InChI is InChI=1S/C23H18ClF2N5O3/c24-23(25,26)34-19-5-3-18(4-6-19)30-22(33)16-10-20(15-2-1-7-27-11-15)21(28-12-16)17-13-29-31(14-17)8-9-32/h1-7,10-14,32H,8-9H2,(H,30,33). The molecular formula is C23H18ClF2N5O3. The number of pyridine rings is 2. The Bertz CT molecular complexity index is 1280. The Kier molecular flexibility index (Phi) is 6.80. The van der Waals surface area contributed by atoms with Gasteiger partial charge in [-0.25, -0.2) is 0 Å². The van der Waals surface area contributed by atoms with Crippen LogP contribution in [0.3, 0.4) is 0 Å². The number of halogens is 3. The van der Waals surface area contributed by atoms with Crippen molar-refractivity contribution in [3.05, 3.63) is 79.0 Å². The van der Waals surface area contributed by atoms with Crippen molar-refractivity contribution < 1.29 is 23.4 Å². The Morgan fingerprint density at radius 2 is 1.94 bits per heavy atom. The summed E-state index contributed by atoms with van der Waals surface area (Å²) < 4.78 is 31.4. The predicted octanol–water partition coefficient (Wildman–Crippen LogP) is 4.42. The molecule has 4 rings (SSSR count). The number of carbonyl (C=O) groups is 1. The van der Waals surface area contributed by atoms with Crippen LogP contribution in [0, 0.1) is 0 Å². The maximum absolute atomic E-state index is 12.9. The molecule has 0 atom stereocenters. The molecule has 1 aromatic carbocycles. The third-order valence-electron chi connectivity index (χ3n) is 4.70. The van der Waals surface area contributed by atoms with Crippen molar-refractivity contribution in [2.75, 3.05) is 11.9 Å². The number of anilines is 1. The van der Waals surface area contributed by atoms with Crippen LogP contribution in [0.4, 0.5) is 14.5 Å². The van der Waals surface area contributed by atoms with E-state index in [9.17, 15) is 13.6 Å². The van der Waals surface area contributed by atoms with Gasteiger partial charge in [0.15, 0.2) is 0 Å². The van der Waals surface area contributed by atoms with E-state index in [1.807, 2.05) is 6.07 Å². The number of aliphatic hydroxyl groups is 1. The third kappa shape index (κ3) is 5.72. The number of benzene rings is 1. The molecule has 3 heterocycles. The Labute approximate surface area is 197 Å². The maximum Gasteiger partial charge on any atom is 0.487 e. The van der Waals surface area contributed by atoms with Crippen LogP contribution < -0.4 is 10.1 Å². The van der Waals surface area contributed by atoms with Crippen molar-refractivity contribution >= 4 is 23.2 Å². The first-order valence-electron chi connectivity index (χ1n) is 10.0. The van der Waals surface area contributed by atoms with Crippen LogP contribution >= 0.6 is 11.6 Å². The van der Waals surface area contributed by atoms with Gasteiger partial charge < -0.3 is 15.2 Å². The van der Waals surface area contributed by atoms with E-state index in [0.29, 0.717) is 29.1 Å². The highest BCUT2D eigenvalue weighted by molar-refractivity contribution is 6.20. The number of carbonyl (C=O) groups excluding carboxylic acids is 1. The molecule has 0 fully saturated rings. The van der Waals surface area contributed by atoms with E-state index in [2.05, 4.69) is 25.1 Å². The second-order valence-corrected chi connectivity index (χ2v) is 7.54. The van der Waals surface area contributed by atoms with Gasteiger partial charge in [-0.3, -0.25) is 19.4 Å². The number of hydrogen-bond acceptors (Lipinski definition) is 6. The van der Waals surface area contributed by atoms with Crippen LogP contribution in [0.2, 0.25) is 0 Å². The number of rotatable bonds is 8. The van der Waals surface area contributed by atoms with E-state index in [4.69, 9.17) is 16.7 Å². The lowest BCUT2D eigenvalue weighted by Gasteiger charge is -2.12. The highest BCUT2D eigenvalue weighted by Gasteiger charge is 2.27. The van der Waals surface area contributed by atoms with E-state index in [-0.39, 0.29) is 17.9 Å². The van der Waals surface area contributed by atoms with E-state index in [0.717, 1.165) is 5.56 Å². The zero-order valence-electron chi connectivity index (χ0n) is 17.5. The Hall–Kier alpha value is -3.89. The van der Waals surface area contributed by atoms with Gasteiger partial charge in [-0.1, -0.05) is 6.07 Å². The number of aliphatic hydroxyl groups excluding tert-OH is 1. The minimum absolute atomic E-state index is 0.0511. The molecule has 174 valence electrons. The molecule has 34 heavy (non-hydrogen) atoms. The fraction of sp³-hybridized carbons (Fsp3) is 0.130. The lowest BCUT2D eigenvalue weighted by molar-refractivity contribution is -0.0964. The minimum atomic E-state index is -3.82. The van der Waals surface area contributed by atoms with Crippen LogP contribution in [0.1, 0.15) is 10.4 Å². The molecule has 0 bridgehead atoms. The first-order valence-corrected chi connectivity index (χ1v) is 10.4. The van der Waals surface area contributed by atoms with Crippen molar-refractivity contribution in [2.24, 2.45) is 0 Å². The maximum atomic E-state index is 12.9. The zero-order valence-corrected chi connectivity index (χ0v) is 18.3. The summed E-state index contributed by atoms with van der Waals surface area (Å²) in [7, 11) is 0. The topological polar surface area (TPSA) is 102 Å². The molecule has 0 saturated carbocycles. The number of hydrogen-bond donors (Lipinski definition) is 2. The lowest BCUT2D eigenvalue weighted by atomic mass is 10.0. The summed E-state index contributed by atoms with van der Waals surface area (Å²) in [6, 6.07) is 10.7. The molecule has 0 aliphatic rings. The largest absolute Gasteiger partial charge is 0.487 e. The van der Waals surface area contributed by atoms with E-state index in [1.54, 1.807) is 41.6 Å². The quantitative estimate of drug-likeness (QED) is 0.358. The molecule has 0 spiro atoms. The Balaban J connectivity index is 1.61. The number of amides is 1. The fourth-order valence-electron chi connectivity index (χ4n) is 3.21. The summed E-state index contributed by atoms with van der Waals surface area (Å²) in [5, 5.41) is 16.0. The van der Waals surface area contributed by atoms with Crippen molar-refractivity contribution in [3.63, 3.8) is 0 Å². The van der Waals surface area contributed by atoms with Crippen LogP contribution in [0.5, 0.6) is 5.75 Å². The van der Waals surface area contributed by atoms with E-state index in [1.165, 1.54) is 30.5 Å². The summed E-state index contributed by atoms with van der Waals surface area (Å²) in [6.45, 7) is 0.291. The molecular weight excluding hydrogens is 468 g/mol. The summed E-state index contributed by atoms with van der Waals surface area (Å²) in [5.74, 6) is -0.596. The molecule has 11 heteroatoms. The molecule has 8 nitrogen and oxygen atoms in total. The van der Waals surface area contributed by atoms with Gasteiger partial charge in [0.2, 0.25) is 0 Å². The molecule has 4 aromatic rings. The smallest absolute Gasteiger partial charge is 0.420 e. The van der Waals surface area contributed by atoms with Gasteiger partial charge in [0.25, 0.3) is 5.91 Å². The normalized spacial score (nSPS) is 11.3. The SMILES string of the molecule is O=C(Nc1ccc(OC(F)(F)Cl)cc1)c1cnc(-c2cnn(CCO)c2)c(-c2cccnc2)c1. The average molecular weight is 486 g/mol. The molecule has 0 radical (unpaired) electrons.